The van der Waals surface area contributed by atoms with Crippen LogP contribution in [0.4, 0.5) is 16.2 Å². The standard InChI is InChI=1S/C27H35ClN4O5/c1-6-25(33)32-14-17(2)24(36-5)15-31(4)26(34)22-13-21(11-12-23(22)37-16-18(32)3)30-27(35)29-20-9-7-19(28)8-10-20/h7-13,17-18,24H,6,14-16H2,1-5H3,(H2,29,30,35)/t17-,18-,24+/m1/s1. The van der Waals surface area contributed by atoms with Gasteiger partial charge in [0.1, 0.15) is 12.4 Å². The lowest BCUT2D eigenvalue weighted by atomic mass is 10.0. The molecular formula is C27H35ClN4O5. The van der Waals surface area contributed by atoms with E-state index in [-0.39, 0.29) is 36.5 Å². The van der Waals surface area contributed by atoms with E-state index < -0.39 is 6.03 Å². The van der Waals surface area contributed by atoms with Crippen molar-refractivity contribution in [2.75, 3.05) is 44.5 Å². The molecule has 3 atom stereocenters. The average molecular weight is 531 g/mol. The molecule has 2 aromatic carbocycles. The second kappa shape index (κ2) is 12.8. The van der Waals surface area contributed by atoms with Gasteiger partial charge in [-0.15, -0.1) is 0 Å². The zero-order chi connectivity index (χ0) is 27.1. The number of anilines is 2. The maximum atomic E-state index is 13.5. The third kappa shape index (κ3) is 7.36. The summed E-state index contributed by atoms with van der Waals surface area (Å²) < 4.78 is 11.8. The molecule has 37 heavy (non-hydrogen) atoms. The van der Waals surface area contributed by atoms with E-state index in [2.05, 4.69) is 10.6 Å². The molecule has 1 heterocycles. The summed E-state index contributed by atoms with van der Waals surface area (Å²) in [5, 5.41) is 6.05. The molecule has 1 aliphatic heterocycles. The van der Waals surface area contributed by atoms with Gasteiger partial charge >= 0.3 is 6.03 Å². The first kappa shape index (κ1) is 28.3. The summed E-state index contributed by atoms with van der Waals surface area (Å²) in [7, 11) is 3.31. The van der Waals surface area contributed by atoms with E-state index in [0.717, 1.165) is 0 Å². The lowest BCUT2D eigenvalue weighted by Crippen LogP contribution is -2.48. The minimum atomic E-state index is -0.465. The van der Waals surface area contributed by atoms with Gasteiger partial charge in [0, 0.05) is 56.0 Å². The number of hydrogen-bond acceptors (Lipinski definition) is 5. The molecule has 0 aliphatic carbocycles. The van der Waals surface area contributed by atoms with Crippen LogP contribution in [0, 0.1) is 5.92 Å². The second-order valence-electron chi connectivity index (χ2n) is 9.29. The molecule has 0 saturated heterocycles. The number of nitrogens with one attached hydrogen (secondary N) is 2. The number of likely N-dealkylation sites (N-methyl/N-ethyl adjacent to an activating group) is 1. The first-order valence-electron chi connectivity index (χ1n) is 12.3. The van der Waals surface area contributed by atoms with E-state index in [0.29, 0.717) is 47.2 Å². The van der Waals surface area contributed by atoms with Gasteiger partial charge in [-0.3, -0.25) is 9.59 Å². The van der Waals surface area contributed by atoms with Crippen molar-refractivity contribution in [2.24, 2.45) is 5.92 Å². The fourth-order valence-electron chi connectivity index (χ4n) is 4.23. The van der Waals surface area contributed by atoms with Crippen LogP contribution in [-0.4, -0.2) is 73.6 Å². The van der Waals surface area contributed by atoms with Crippen LogP contribution in [0.3, 0.4) is 0 Å². The van der Waals surface area contributed by atoms with Crippen molar-refractivity contribution in [3.8, 4) is 5.75 Å². The Morgan fingerprint density at radius 3 is 2.38 bits per heavy atom. The van der Waals surface area contributed by atoms with Crippen molar-refractivity contribution >= 4 is 40.8 Å². The third-order valence-electron chi connectivity index (χ3n) is 6.43. The summed E-state index contributed by atoms with van der Waals surface area (Å²) >= 11 is 5.90. The van der Waals surface area contributed by atoms with Crippen molar-refractivity contribution in [1.82, 2.24) is 9.80 Å². The summed E-state index contributed by atoms with van der Waals surface area (Å²) in [5.41, 5.74) is 1.30. The fourth-order valence-corrected chi connectivity index (χ4v) is 4.36. The minimum absolute atomic E-state index is 0.0124. The molecule has 2 N–H and O–H groups in total. The van der Waals surface area contributed by atoms with Gasteiger partial charge in [-0.2, -0.15) is 0 Å². The molecule has 9 nitrogen and oxygen atoms in total. The van der Waals surface area contributed by atoms with E-state index in [4.69, 9.17) is 21.1 Å². The number of amides is 4. The zero-order valence-electron chi connectivity index (χ0n) is 21.9. The van der Waals surface area contributed by atoms with E-state index in [1.54, 1.807) is 61.5 Å². The topological polar surface area (TPSA) is 100 Å². The molecule has 3 rings (SSSR count). The molecule has 0 saturated carbocycles. The second-order valence-corrected chi connectivity index (χ2v) is 9.73. The molecule has 0 spiro atoms. The van der Waals surface area contributed by atoms with Crippen LogP contribution in [0.5, 0.6) is 5.75 Å². The summed E-state index contributed by atoms with van der Waals surface area (Å²) in [6.07, 6.45) is 0.111. The number of fused-ring (bicyclic) bond motifs is 1. The van der Waals surface area contributed by atoms with Gasteiger partial charge in [-0.1, -0.05) is 25.4 Å². The molecular weight excluding hydrogens is 496 g/mol. The van der Waals surface area contributed by atoms with E-state index in [1.165, 1.54) is 0 Å². The molecule has 1 aliphatic rings. The van der Waals surface area contributed by atoms with Crippen LogP contribution < -0.4 is 15.4 Å². The third-order valence-corrected chi connectivity index (χ3v) is 6.68. The highest BCUT2D eigenvalue weighted by atomic mass is 35.5. The number of halogens is 1. The normalized spacial score (nSPS) is 20.7. The Morgan fingerprint density at radius 2 is 1.73 bits per heavy atom. The number of methoxy groups -OCH3 is 1. The van der Waals surface area contributed by atoms with E-state index in [1.807, 2.05) is 25.7 Å². The van der Waals surface area contributed by atoms with Crippen LogP contribution in [-0.2, 0) is 9.53 Å². The first-order chi connectivity index (χ1) is 17.6. The first-order valence-corrected chi connectivity index (χ1v) is 12.7. The maximum Gasteiger partial charge on any atom is 0.323 e. The van der Waals surface area contributed by atoms with Crippen molar-refractivity contribution < 1.29 is 23.9 Å². The Hall–Kier alpha value is -3.30. The van der Waals surface area contributed by atoms with Crippen LogP contribution in [0.2, 0.25) is 5.02 Å². The summed E-state index contributed by atoms with van der Waals surface area (Å²) in [6, 6.07) is 11.0. The van der Waals surface area contributed by atoms with Gasteiger partial charge in [0.15, 0.2) is 0 Å². The number of hydrogen-bond donors (Lipinski definition) is 2. The van der Waals surface area contributed by atoms with Gasteiger partial charge < -0.3 is 29.9 Å². The number of rotatable bonds is 4. The largest absolute Gasteiger partial charge is 0.491 e. The predicted molar refractivity (Wildman–Crippen MR) is 144 cm³/mol. The molecule has 0 bridgehead atoms. The summed E-state index contributed by atoms with van der Waals surface area (Å²) in [5.74, 6) is 0.131. The van der Waals surface area contributed by atoms with Crippen molar-refractivity contribution in [3.05, 3.63) is 53.1 Å². The number of benzene rings is 2. The molecule has 200 valence electrons. The summed E-state index contributed by atoms with van der Waals surface area (Å²) in [4.78, 5) is 42.1. The lowest BCUT2D eigenvalue weighted by molar-refractivity contribution is -0.135. The van der Waals surface area contributed by atoms with Crippen LogP contribution >= 0.6 is 11.6 Å². The number of urea groups is 1. The SMILES string of the molecule is CCC(=O)N1C[C@@H](C)[C@@H](OC)CN(C)C(=O)c2cc(NC(=O)Nc3ccc(Cl)cc3)ccc2OC[C@H]1C. The highest BCUT2D eigenvalue weighted by Gasteiger charge is 2.30. The molecule has 4 amide bonds. The Bertz CT molecular complexity index is 1110. The molecule has 0 unspecified atom stereocenters. The minimum Gasteiger partial charge on any atom is -0.491 e. The molecule has 0 aromatic heterocycles. The van der Waals surface area contributed by atoms with Crippen LogP contribution in [0.1, 0.15) is 37.6 Å². The maximum absolute atomic E-state index is 13.5. The Balaban J connectivity index is 1.88. The Labute approximate surface area is 223 Å². The molecule has 10 heteroatoms. The predicted octanol–water partition coefficient (Wildman–Crippen LogP) is 4.73. The fraction of sp³-hybridized carbons (Fsp3) is 0.444. The van der Waals surface area contributed by atoms with Crippen LogP contribution in [0.15, 0.2) is 42.5 Å². The van der Waals surface area contributed by atoms with Crippen molar-refractivity contribution in [2.45, 2.75) is 39.3 Å². The molecule has 2 aromatic rings. The number of ether oxygens (including phenoxy) is 2. The van der Waals surface area contributed by atoms with Crippen molar-refractivity contribution in [3.63, 3.8) is 0 Å². The molecule has 0 fully saturated rings. The van der Waals surface area contributed by atoms with Gasteiger partial charge in [0.2, 0.25) is 5.91 Å². The summed E-state index contributed by atoms with van der Waals surface area (Å²) in [6.45, 7) is 6.81. The van der Waals surface area contributed by atoms with Gasteiger partial charge in [-0.25, -0.2) is 4.79 Å². The number of nitrogens with zero attached hydrogens (tertiary/aromatic N) is 2. The van der Waals surface area contributed by atoms with Gasteiger partial charge in [0.25, 0.3) is 5.91 Å². The number of carbonyl (C=O) groups is 3. The quantitative estimate of drug-likeness (QED) is 0.595. The molecule has 0 radical (unpaired) electrons. The van der Waals surface area contributed by atoms with Gasteiger partial charge in [-0.05, 0) is 49.4 Å². The smallest absolute Gasteiger partial charge is 0.323 e. The van der Waals surface area contributed by atoms with E-state index >= 15 is 0 Å². The highest BCUT2D eigenvalue weighted by molar-refractivity contribution is 6.30. The zero-order valence-corrected chi connectivity index (χ0v) is 22.7. The lowest BCUT2D eigenvalue weighted by Gasteiger charge is -2.36. The van der Waals surface area contributed by atoms with Gasteiger partial charge in [0.05, 0.1) is 17.7 Å². The number of carbonyl (C=O) groups excluding carboxylic acids is 3. The Morgan fingerprint density at radius 1 is 1.08 bits per heavy atom. The van der Waals surface area contributed by atoms with Crippen LogP contribution in [0.25, 0.3) is 0 Å². The average Bonchev–Trinajstić information content (AvgIpc) is 2.88. The highest BCUT2D eigenvalue weighted by Crippen LogP contribution is 2.27. The monoisotopic (exact) mass is 530 g/mol. The van der Waals surface area contributed by atoms with E-state index in [9.17, 15) is 14.4 Å². The Kier molecular flexibility index (Phi) is 9.77. The van der Waals surface area contributed by atoms with Crippen molar-refractivity contribution in [1.29, 1.82) is 0 Å².